The van der Waals surface area contributed by atoms with E-state index in [-0.39, 0.29) is 17.6 Å². The molecule has 0 N–H and O–H groups in total. The zero-order valence-corrected chi connectivity index (χ0v) is 14.0. The molecule has 0 radical (unpaired) electrons. The number of ether oxygens (including phenoxy) is 1. The maximum atomic E-state index is 13.3. The van der Waals surface area contributed by atoms with Crippen LogP contribution in [0.2, 0.25) is 0 Å². The summed E-state index contributed by atoms with van der Waals surface area (Å²) in [4.78, 5) is 17.1. The van der Waals surface area contributed by atoms with Crippen molar-refractivity contribution in [1.82, 2.24) is 9.80 Å². The number of halogens is 1. The monoisotopic (exact) mass is 332 g/mol. The number of hydrogen-bond donors (Lipinski definition) is 0. The molecule has 24 heavy (non-hydrogen) atoms. The highest BCUT2D eigenvalue weighted by Gasteiger charge is 2.46. The van der Waals surface area contributed by atoms with Crippen LogP contribution in [-0.2, 0) is 16.1 Å². The minimum atomic E-state index is -0.234. The van der Waals surface area contributed by atoms with Crippen molar-refractivity contribution in [3.8, 4) is 0 Å². The Morgan fingerprint density at radius 1 is 1.17 bits per heavy atom. The summed E-state index contributed by atoms with van der Waals surface area (Å²) < 4.78 is 18.8. The summed E-state index contributed by atoms with van der Waals surface area (Å²) in [6, 6.07) is 6.57. The Morgan fingerprint density at radius 3 is 2.75 bits per heavy atom. The Morgan fingerprint density at radius 2 is 2.00 bits per heavy atom. The molecule has 0 saturated carbocycles. The van der Waals surface area contributed by atoms with Crippen molar-refractivity contribution in [2.24, 2.45) is 17.8 Å². The Bertz CT molecular complexity index is 603. The largest absolute Gasteiger partial charge is 0.381 e. The molecule has 4 rings (SSSR count). The van der Waals surface area contributed by atoms with Gasteiger partial charge in [-0.05, 0) is 36.5 Å². The van der Waals surface area contributed by atoms with Crippen molar-refractivity contribution in [1.29, 1.82) is 0 Å². The van der Waals surface area contributed by atoms with Crippen LogP contribution in [0, 0.1) is 23.6 Å². The minimum absolute atomic E-state index is 0.137. The quantitative estimate of drug-likeness (QED) is 0.847. The average molecular weight is 332 g/mol. The molecule has 1 aromatic rings. The molecule has 1 amide bonds. The molecule has 3 fully saturated rings. The summed E-state index contributed by atoms with van der Waals surface area (Å²) in [5.41, 5.74) is 0.877. The van der Waals surface area contributed by atoms with Crippen molar-refractivity contribution >= 4 is 5.91 Å². The number of likely N-dealkylation sites (tertiary alicyclic amines) is 2. The van der Waals surface area contributed by atoms with Crippen LogP contribution in [-0.4, -0.2) is 55.1 Å². The number of amides is 1. The molecule has 0 unspecified atom stereocenters. The van der Waals surface area contributed by atoms with Gasteiger partial charge in [-0.25, -0.2) is 4.39 Å². The maximum absolute atomic E-state index is 13.3. The van der Waals surface area contributed by atoms with Gasteiger partial charge in [-0.1, -0.05) is 12.1 Å². The fourth-order valence-corrected chi connectivity index (χ4v) is 4.47. The van der Waals surface area contributed by atoms with E-state index in [0.29, 0.717) is 12.5 Å². The van der Waals surface area contributed by atoms with E-state index >= 15 is 0 Å². The third-order valence-corrected chi connectivity index (χ3v) is 5.72. The number of rotatable bonds is 4. The number of fused-ring (bicyclic) bond motifs is 1. The predicted molar refractivity (Wildman–Crippen MR) is 88.8 cm³/mol. The molecule has 3 aliphatic rings. The Kier molecular flexibility index (Phi) is 4.55. The van der Waals surface area contributed by atoms with Gasteiger partial charge >= 0.3 is 0 Å². The summed E-state index contributed by atoms with van der Waals surface area (Å²) in [5.74, 6) is 1.31. The van der Waals surface area contributed by atoms with Crippen LogP contribution in [0.3, 0.4) is 0 Å². The van der Waals surface area contributed by atoms with E-state index in [1.807, 2.05) is 11.0 Å². The smallest absolute Gasteiger partial charge is 0.227 e. The number of carbonyl (C=O) groups is 1. The summed E-state index contributed by atoms with van der Waals surface area (Å²) in [7, 11) is 0. The third kappa shape index (κ3) is 3.33. The standard InChI is InChI=1S/C19H25FN2O2/c20-17-3-1-2-15(8-17)10-22-12-16-11-21(13-18(16)19(22)23)9-14-4-6-24-7-5-14/h1-3,8,14,16,18H,4-7,9-13H2/t16-,18-/m0/s1. The lowest BCUT2D eigenvalue weighted by atomic mass is 10.00. The molecule has 2 atom stereocenters. The molecule has 0 aliphatic carbocycles. The van der Waals surface area contributed by atoms with Crippen LogP contribution in [0.25, 0.3) is 0 Å². The predicted octanol–water partition coefficient (Wildman–Crippen LogP) is 2.14. The summed E-state index contributed by atoms with van der Waals surface area (Å²) in [6.45, 7) is 6.12. The van der Waals surface area contributed by atoms with Gasteiger partial charge in [0.15, 0.2) is 0 Å². The molecule has 0 spiro atoms. The highest BCUT2D eigenvalue weighted by molar-refractivity contribution is 5.82. The molecule has 4 nitrogen and oxygen atoms in total. The molecule has 0 bridgehead atoms. The Balaban J connectivity index is 1.32. The van der Waals surface area contributed by atoms with Crippen molar-refractivity contribution < 1.29 is 13.9 Å². The van der Waals surface area contributed by atoms with Gasteiger partial charge in [0.2, 0.25) is 5.91 Å². The molecule has 3 saturated heterocycles. The first kappa shape index (κ1) is 16.0. The fourth-order valence-electron chi connectivity index (χ4n) is 4.47. The second-order valence-electron chi connectivity index (χ2n) is 7.49. The van der Waals surface area contributed by atoms with Crippen LogP contribution in [0.5, 0.6) is 0 Å². The van der Waals surface area contributed by atoms with E-state index in [0.717, 1.165) is 63.7 Å². The lowest BCUT2D eigenvalue weighted by molar-refractivity contribution is -0.131. The summed E-state index contributed by atoms with van der Waals surface area (Å²) in [5, 5.41) is 0. The first-order valence-electron chi connectivity index (χ1n) is 9.02. The minimum Gasteiger partial charge on any atom is -0.381 e. The van der Waals surface area contributed by atoms with Gasteiger partial charge in [0.25, 0.3) is 0 Å². The van der Waals surface area contributed by atoms with Crippen LogP contribution in [0.1, 0.15) is 18.4 Å². The van der Waals surface area contributed by atoms with Gasteiger partial charge in [0, 0.05) is 51.9 Å². The molecule has 5 heteroatoms. The zero-order valence-electron chi connectivity index (χ0n) is 14.0. The first-order valence-corrected chi connectivity index (χ1v) is 9.02. The maximum Gasteiger partial charge on any atom is 0.227 e. The van der Waals surface area contributed by atoms with Crippen LogP contribution >= 0.6 is 0 Å². The molecule has 3 heterocycles. The number of benzene rings is 1. The van der Waals surface area contributed by atoms with E-state index < -0.39 is 0 Å². The Hall–Kier alpha value is -1.46. The fraction of sp³-hybridized carbons (Fsp3) is 0.632. The number of nitrogens with zero attached hydrogens (tertiary/aromatic N) is 2. The van der Waals surface area contributed by atoms with Crippen molar-refractivity contribution in [3.05, 3.63) is 35.6 Å². The number of hydrogen-bond acceptors (Lipinski definition) is 3. The normalized spacial score (nSPS) is 28.5. The molecule has 1 aromatic carbocycles. The highest BCUT2D eigenvalue weighted by atomic mass is 19.1. The summed E-state index contributed by atoms with van der Waals surface area (Å²) in [6.07, 6.45) is 2.29. The van der Waals surface area contributed by atoms with Crippen LogP contribution in [0.4, 0.5) is 4.39 Å². The van der Waals surface area contributed by atoms with Gasteiger partial charge < -0.3 is 14.5 Å². The molecule has 0 aromatic heterocycles. The third-order valence-electron chi connectivity index (χ3n) is 5.72. The second kappa shape index (κ2) is 6.81. The lowest BCUT2D eigenvalue weighted by Gasteiger charge is -2.28. The van der Waals surface area contributed by atoms with E-state index in [4.69, 9.17) is 4.74 Å². The van der Waals surface area contributed by atoms with Gasteiger partial charge in [0.05, 0.1) is 5.92 Å². The topological polar surface area (TPSA) is 32.8 Å². The molecule has 130 valence electrons. The summed E-state index contributed by atoms with van der Waals surface area (Å²) >= 11 is 0. The molecular weight excluding hydrogens is 307 g/mol. The average Bonchev–Trinajstić information content (AvgIpc) is 3.08. The highest BCUT2D eigenvalue weighted by Crippen LogP contribution is 2.34. The van der Waals surface area contributed by atoms with Gasteiger partial charge in [-0.2, -0.15) is 0 Å². The second-order valence-corrected chi connectivity index (χ2v) is 7.49. The van der Waals surface area contributed by atoms with E-state index in [1.165, 1.54) is 12.1 Å². The SMILES string of the molecule is O=C1[C@H]2CN(CC3CCOCC3)C[C@H]2CN1Cc1cccc(F)c1. The lowest BCUT2D eigenvalue weighted by Crippen LogP contribution is -2.35. The van der Waals surface area contributed by atoms with E-state index in [2.05, 4.69) is 4.90 Å². The van der Waals surface area contributed by atoms with Gasteiger partial charge in [0.1, 0.15) is 5.82 Å². The number of carbonyl (C=O) groups excluding carboxylic acids is 1. The van der Waals surface area contributed by atoms with Crippen LogP contribution < -0.4 is 0 Å². The Labute approximate surface area is 142 Å². The van der Waals surface area contributed by atoms with E-state index in [1.54, 1.807) is 6.07 Å². The zero-order chi connectivity index (χ0) is 16.5. The van der Waals surface area contributed by atoms with Gasteiger partial charge in [-0.15, -0.1) is 0 Å². The molecular formula is C19H25FN2O2. The van der Waals surface area contributed by atoms with Gasteiger partial charge in [-0.3, -0.25) is 4.79 Å². The van der Waals surface area contributed by atoms with Crippen molar-refractivity contribution in [2.75, 3.05) is 39.4 Å². The van der Waals surface area contributed by atoms with E-state index in [9.17, 15) is 9.18 Å². The van der Waals surface area contributed by atoms with Crippen LogP contribution in [0.15, 0.2) is 24.3 Å². The molecule has 3 aliphatic heterocycles. The van der Waals surface area contributed by atoms with Crippen molar-refractivity contribution in [2.45, 2.75) is 19.4 Å². The van der Waals surface area contributed by atoms with Crippen molar-refractivity contribution in [3.63, 3.8) is 0 Å². The first-order chi connectivity index (χ1) is 11.7.